The summed E-state index contributed by atoms with van der Waals surface area (Å²) in [5.74, 6) is 2.07. The van der Waals surface area contributed by atoms with Crippen molar-refractivity contribution in [3.05, 3.63) is 24.3 Å². The van der Waals surface area contributed by atoms with Crippen LogP contribution in [0, 0.1) is 11.8 Å². The standard InChI is InChI=1S/C22H30N6O2S/c1-14(2)23-19(29)12-27-17-7-5-6-8-18(17)28-21(27)24-25-22(28)31-13-20(30)26-10-15(3)9-16(4)11-26/h5-8,14-16H,9-13H2,1-4H3,(H,23,29)/t15-,16+. The first-order valence-electron chi connectivity index (χ1n) is 10.9. The van der Waals surface area contributed by atoms with E-state index in [-0.39, 0.29) is 24.4 Å². The predicted molar refractivity (Wildman–Crippen MR) is 122 cm³/mol. The molecule has 2 atom stereocenters. The average Bonchev–Trinajstić information content (AvgIpc) is 3.24. The van der Waals surface area contributed by atoms with Crippen molar-refractivity contribution in [2.24, 2.45) is 11.8 Å². The summed E-state index contributed by atoms with van der Waals surface area (Å²) in [6.07, 6.45) is 1.17. The average molecular weight is 443 g/mol. The molecule has 1 aromatic carbocycles. The molecule has 1 fully saturated rings. The highest BCUT2D eigenvalue weighted by Gasteiger charge is 2.26. The Balaban J connectivity index is 1.58. The molecule has 3 aromatic rings. The largest absolute Gasteiger partial charge is 0.352 e. The van der Waals surface area contributed by atoms with Gasteiger partial charge in [-0.15, -0.1) is 10.2 Å². The molecule has 1 saturated heterocycles. The minimum atomic E-state index is -0.0704. The fourth-order valence-corrected chi connectivity index (χ4v) is 5.32. The molecule has 1 aliphatic heterocycles. The summed E-state index contributed by atoms with van der Waals surface area (Å²) >= 11 is 1.40. The smallest absolute Gasteiger partial charge is 0.240 e. The molecule has 8 nitrogen and oxygen atoms in total. The molecule has 3 heterocycles. The summed E-state index contributed by atoms with van der Waals surface area (Å²) in [5.41, 5.74) is 1.84. The van der Waals surface area contributed by atoms with Crippen LogP contribution in [-0.2, 0) is 16.1 Å². The van der Waals surface area contributed by atoms with E-state index in [1.54, 1.807) is 0 Å². The maximum atomic E-state index is 12.8. The Bertz CT molecular complexity index is 1090. The van der Waals surface area contributed by atoms with E-state index in [1.165, 1.54) is 18.2 Å². The quantitative estimate of drug-likeness (QED) is 0.594. The SMILES string of the molecule is CC(C)NC(=O)Cn1c2ccccc2n2c(SCC(=O)N3C[C@H](C)C[C@H](C)C3)nnc12. The first kappa shape index (κ1) is 21.7. The van der Waals surface area contributed by atoms with Crippen molar-refractivity contribution in [1.82, 2.24) is 29.4 Å². The zero-order chi connectivity index (χ0) is 22.1. The van der Waals surface area contributed by atoms with Gasteiger partial charge in [0.05, 0.1) is 16.8 Å². The normalized spacial score (nSPS) is 19.5. The first-order chi connectivity index (χ1) is 14.8. The molecular weight excluding hydrogens is 412 g/mol. The zero-order valence-electron chi connectivity index (χ0n) is 18.5. The highest BCUT2D eigenvalue weighted by Crippen LogP contribution is 2.27. The van der Waals surface area contributed by atoms with Gasteiger partial charge in [-0.3, -0.25) is 18.6 Å². The minimum absolute atomic E-state index is 0.0700. The zero-order valence-corrected chi connectivity index (χ0v) is 19.4. The number of hydrogen-bond acceptors (Lipinski definition) is 5. The van der Waals surface area contributed by atoms with Crippen LogP contribution in [0.15, 0.2) is 29.4 Å². The fourth-order valence-electron chi connectivity index (χ4n) is 4.48. The second-order valence-corrected chi connectivity index (χ2v) is 9.89. The van der Waals surface area contributed by atoms with Crippen LogP contribution in [0.5, 0.6) is 0 Å². The molecule has 0 unspecified atom stereocenters. The number of carbonyl (C=O) groups is 2. The van der Waals surface area contributed by atoms with Crippen molar-refractivity contribution < 1.29 is 9.59 Å². The summed E-state index contributed by atoms with van der Waals surface area (Å²) in [7, 11) is 0. The number of rotatable bonds is 6. The van der Waals surface area contributed by atoms with Gasteiger partial charge in [0.2, 0.25) is 17.6 Å². The number of benzene rings is 1. The van der Waals surface area contributed by atoms with Crippen LogP contribution >= 0.6 is 11.8 Å². The topological polar surface area (TPSA) is 84.5 Å². The predicted octanol–water partition coefficient (Wildman–Crippen LogP) is 2.81. The van der Waals surface area contributed by atoms with Gasteiger partial charge in [-0.2, -0.15) is 0 Å². The second kappa shape index (κ2) is 8.90. The van der Waals surface area contributed by atoms with E-state index in [2.05, 4.69) is 29.4 Å². The molecule has 166 valence electrons. The number of thioether (sulfide) groups is 1. The van der Waals surface area contributed by atoms with Crippen LogP contribution in [-0.4, -0.2) is 60.8 Å². The molecule has 1 aliphatic rings. The van der Waals surface area contributed by atoms with Crippen LogP contribution in [0.25, 0.3) is 16.8 Å². The highest BCUT2D eigenvalue weighted by molar-refractivity contribution is 7.99. The van der Waals surface area contributed by atoms with Crippen molar-refractivity contribution in [1.29, 1.82) is 0 Å². The Morgan fingerprint density at radius 2 is 1.81 bits per heavy atom. The maximum absolute atomic E-state index is 12.8. The van der Waals surface area contributed by atoms with E-state index >= 15 is 0 Å². The third kappa shape index (κ3) is 4.56. The molecule has 4 rings (SSSR count). The number of para-hydroxylation sites is 2. The molecule has 1 N–H and O–H groups in total. The third-order valence-corrected chi connectivity index (χ3v) is 6.48. The van der Waals surface area contributed by atoms with Gasteiger partial charge in [-0.1, -0.05) is 37.7 Å². The van der Waals surface area contributed by atoms with Gasteiger partial charge < -0.3 is 10.2 Å². The summed E-state index contributed by atoms with van der Waals surface area (Å²) in [6, 6.07) is 7.93. The van der Waals surface area contributed by atoms with Gasteiger partial charge in [0.25, 0.3) is 0 Å². The van der Waals surface area contributed by atoms with Gasteiger partial charge in [-0.25, -0.2) is 0 Å². The lowest BCUT2D eigenvalue weighted by Gasteiger charge is -2.34. The van der Waals surface area contributed by atoms with E-state index in [0.29, 0.717) is 28.5 Å². The first-order valence-corrected chi connectivity index (χ1v) is 11.8. The van der Waals surface area contributed by atoms with Crippen molar-refractivity contribution >= 4 is 40.4 Å². The summed E-state index contributed by atoms with van der Waals surface area (Å²) in [5, 5.41) is 12.3. The van der Waals surface area contributed by atoms with Gasteiger partial charge in [0.15, 0.2) is 5.16 Å². The molecule has 9 heteroatoms. The number of imidazole rings is 1. The molecule has 2 aromatic heterocycles. The highest BCUT2D eigenvalue weighted by atomic mass is 32.2. The lowest BCUT2D eigenvalue weighted by atomic mass is 9.92. The van der Waals surface area contributed by atoms with Gasteiger partial charge in [0, 0.05) is 19.1 Å². The Labute approximate surface area is 186 Å². The number of amides is 2. The lowest BCUT2D eigenvalue weighted by Crippen LogP contribution is -2.43. The van der Waals surface area contributed by atoms with E-state index in [0.717, 1.165) is 24.1 Å². The van der Waals surface area contributed by atoms with Crippen LogP contribution in [0.1, 0.15) is 34.1 Å². The number of nitrogens with zero attached hydrogens (tertiary/aromatic N) is 5. The monoisotopic (exact) mass is 442 g/mol. The van der Waals surface area contributed by atoms with Crippen molar-refractivity contribution in [2.45, 2.75) is 51.9 Å². The van der Waals surface area contributed by atoms with E-state index < -0.39 is 0 Å². The number of aromatic nitrogens is 4. The second-order valence-electron chi connectivity index (χ2n) is 8.95. The summed E-state index contributed by atoms with van der Waals surface area (Å²) < 4.78 is 3.82. The van der Waals surface area contributed by atoms with Gasteiger partial charge in [-0.05, 0) is 44.2 Å². The van der Waals surface area contributed by atoms with Crippen molar-refractivity contribution in [2.75, 3.05) is 18.8 Å². The van der Waals surface area contributed by atoms with Gasteiger partial charge >= 0.3 is 0 Å². The number of fused-ring (bicyclic) bond motifs is 3. The molecule has 0 bridgehead atoms. The van der Waals surface area contributed by atoms with E-state index in [4.69, 9.17) is 0 Å². The number of likely N-dealkylation sites (tertiary alicyclic amines) is 1. The Kier molecular flexibility index (Phi) is 6.22. The number of piperidine rings is 1. The Morgan fingerprint density at radius 3 is 2.48 bits per heavy atom. The molecule has 0 spiro atoms. The number of nitrogens with one attached hydrogen (secondary N) is 1. The minimum Gasteiger partial charge on any atom is -0.352 e. The fraction of sp³-hybridized carbons (Fsp3) is 0.545. The van der Waals surface area contributed by atoms with Crippen LogP contribution in [0.4, 0.5) is 0 Å². The lowest BCUT2D eigenvalue weighted by molar-refractivity contribution is -0.131. The third-order valence-electron chi connectivity index (χ3n) is 5.57. The summed E-state index contributed by atoms with van der Waals surface area (Å²) in [4.78, 5) is 27.2. The molecule has 0 saturated carbocycles. The van der Waals surface area contributed by atoms with Crippen LogP contribution in [0.3, 0.4) is 0 Å². The Hall–Kier alpha value is -2.55. The van der Waals surface area contributed by atoms with Crippen molar-refractivity contribution in [3.8, 4) is 0 Å². The van der Waals surface area contributed by atoms with Crippen LogP contribution < -0.4 is 5.32 Å². The number of hydrogen-bond donors (Lipinski definition) is 1. The Morgan fingerprint density at radius 1 is 1.13 bits per heavy atom. The van der Waals surface area contributed by atoms with E-state index in [1.807, 2.05) is 52.0 Å². The molecule has 31 heavy (non-hydrogen) atoms. The van der Waals surface area contributed by atoms with Crippen LogP contribution in [0.2, 0.25) is 0 Å². The molecule has 0 aliphatic carbocycles. The molecule has 2 amide bonds. The number of carbonyl (C=O) groups excluding carboxylic acids is 2. The maximum Gasteiger partial charge on any atom is 0.240 e. The van der Waals surface area contributed by atoms with Gasteiger partial charge in [0.1, 0.15) is 6.54 Å². The summed E-state index contributed by atoms with van der Waals surface area (Å²) in [6.45, 7) is 10.1. The molecule has 0 radical (unpaired) electrons. The van der Waals surface area contributed by atoms with E-state index in [9.17, 15) is 9.59 Å². The van der Waals surface area contributed by atoms with Crippen molar-refractivity contribution in [3.63, 3.8) is 0 Å². The molecular formula is C22H30N6O2S.